The maximum atomic E-state index is 12.5. The van der Waals surface area contributed by atoms with E-state index in [0.717, 1.165) is 45.7 Å². The Balaban J connectivity index is 0.00000192. The van der Waals surface area contributed by atoms with Crippen molar-refractivity contribution < 1.29 is 4.79 Å². The third-order valence-electron chi connectivity index (χ3n) is 5.98. The van der Waals surface area contributed by atoms with E-state index in [-0.39, 0.29) is 12.4 Å². The molecule has 1 N–H and O–H groups in total. The summed E-state index contributed by atoms with van der Waals surface area (Å²) in [7, 11) is 0. The maximum Gasteiger partial charge on any atom is 0.222 e. The summed E-state index contributed by atoms with van der Waals surface area (Å²) < 4.78 is 0. The molecule has 2 aliphatic heterocycles. The van der Waals surface area contributed by atoms with Gasteiger partial charge in [-0.3, -0.25) is 9.69 Å². The van der Waals surface area contributed by atoms with E-state index < -0.39 is 0 Å². The summed E-state index contributed by atoms with van der Waals surface area (Å²) in [4.78, 5) is 17.2. The van der Waals surface area contributed by atoms with E-state index in [1.54, 1.807) is 0 Å². The zero-order valence-corrected chi connectivity index (χ0v) is 15.5. The van der Waals surface area contributed by atoms with Crippen LogP contribution in [0.15, 0.2) is 0 Å². The van der Waals surface area contributed by atoms with Gasteiger partial charge < -0.3 is 10.2 Å². The minimum Gasteiger partial charge on any atom is -0.340 e. The van der Waals surface area contributed by atoms with Crippen molar-refractivity contribution in [1.82, 2.24) is 15.1 Å². The fourth-order valence-electron chi connectivity index (χ4n) is 4.47. The SMILES string of the molecule is CC1(CN2CCN(C(=O)CC3CCCCC3)CC2)CCNC1.Cl. The number of nitrogens with zero attached hydrogens (tertiary/aromatic N) is 2. The van der Waals surface area contributed by atoms with Gasteiger partial charge in [-0.15, -0.1) is 12.4 Å². The van der Waals surface area contributed by atoms with Gasteiger partial charge in [-0.25, -0.2) is 0 Å². The molecule has 5 heteroatoms. The summed E-state index contributed by atoms with van der Waals surface area (Å²) in [5, 5.41) is 3.48. The van der Waals surface area contributed by atoms with Crippen molar-refractivity contribution in [2.45, 2.75) is 51.9 Å². The Morgan fingerprint density at radius 2 is 1.83 bits per heavy atom. The van der Waals surface area contributed by atoms with Crippen molar-refractivity contribution in [2.24, 2.45) is 11.3 Å². The van der Waals surface area contributed by atoms with Crippen molar-refractivity contribution in [3.05, 3.63) is 0 Å². The van der Waals surface area contributed by atoms with E-state index in [1.165, 1.54) is 45.1 Å². The summed E-state index contributed by atoms with van der Waals surface area (Å²) in [5.41, 5.74) is 0.439. The van der Waals surface area contributed by atoms with E-state index in [1.807, 2.05) is 0 Å². The molecule has 0 aromatic carbocycles. The van der Waals surface area contributed by atoms with Crippen LogP contribution >= 0.6 is 12.4 Å². The van der Waals surface area contributed by atoms with Gasteiger partial charge in [0.2, 0.25) is 5.91 Å². The van der Waals surface area contributed by atoms with Gasteiger partial charge in [-0.05, 0) is 37.1 Å². The van der Waals surface area contributed by atoms with Crippen LogP contribution in [0.4, 0.5) is 0 Å². The molecule has 1 saturated carbocycles. The van der Waals surface area contributed by atoms with Crippen molar-refractivity contribution in [1.29, 1.82) is 0 Å². The average Bonchev–Trinajstić information content (AvgIpc) is 2.95. The molecule has 2 saturated heterocycles. The van der Waals surface area contributed by atoms with Gasteiger partial charge in [0, 0.05) is 45.7 Å². The molecule has 1 atom stereocenters. The van der Waals surface area contributed by atoms with Gasteiger partial charge >= 0.3 is 0 Å². The maximum absolute atomic E-state index is 12.5. The van der Waals surface area contributed by atoms with Crippen LogP contribution in [0, 0.1) is 11.3 Å². The van der Waals surface area contributed by atoms with Crippen LogP contribution in [0.3, 0.4) is 0 Å². The summed E-state index contributed by atoms with van der Waals surface area (Å²) in [6, 6.07) is 0. The summed E-state index contributed by atoms with van der Waals surface area (Å²) in [6.45, 7) is 9.89. The molecule has 23 heavy (non-hydrogen) atoms. The lowest BCUT2D eigenvalue weighted by Gasteiger charge is -2.39. The lowest BCUT2D eigenvalue weighted by Crippen LogP contribution is -2.51. The molecule has 1 aliphatic carbocycles. The number of carbonyl (C=O) groups excluding carboxylic acids is 1. The number of carbonyl (C=O) groups is 1. The fraction of sp³-hybridized carbons (Fsp3) is 0.944. The highest BCUT2D eigenvalue weighted by molar-refractivity contribution is 5.85. The number of hydrogen-bond acceptors (Lipinski definition) is 3. The minimum absolute atomic E-state index is 0. The number of nitrogens with one attached hydrogen (secondary N) is 1. The molecule has 3 fully saturated rings. The second-order valence-corrected chi connectivity index (χ2v) is 8.10. The van der Waals surface area contributed by atoms with Gasteiger partial charge in [0.15, 0.2) is 0 Å². The first-order valence-electron chi connectivity index (χ1n) is 9.35. The van der Waals surface area contributed by atoms with Crippen molar-refractivity contribution in [2.75, 3.05) is 45.8 Å². The van der Waals surface area contributed by atoms with Crippen LogP contribution in [0.5, 0.6) is 0 Å². The van der Waals surface area contributed by atoms with Crippen LogP contribution in [0.2, 0.25) is 0 Å². The number of piperazine rings is 1. The number of rotatable bonds is 4. The molecular formula is C18H34ClN3O. The number of halogens is 1. The molecule has 134 valence electrons. The Morgan fingerprint density at radius 1 is 1.13 bits per heavy atom. The van der Waals surface area contributed by atoms with Crippen molar-refractivity contribution in [3.8, 4) is 0 Å². The molecule has 0 aromatic heterocycles. The van der Waals surface area contributed by atoms with Gasteiger partial charge in [-0.1, -0.05) is 26.2 Å². The third-order valence-corrected chi connectivity index (χ3v) is 5.98. The number of amides is 1. The molecule has 3 rings (SSSR count). The zero-order valence-electron chi connectivity index (χ0n) is 14.7. The molecule has 0 radical (unpaired) electrons. The molecule has 1 amide bonds. The Hall–Kier alpha value is -0.320. The smallest absolute Gasteiger partial charge is 0.222 e. The molecule has 0 aromatic rings. The second-order valence-electron chi connectivity index (χ2n) is 8.10. The van der Waals surface area contributed by atoms with E-state index in [2.05, 4.69) is 22.0 Å². The quantitative estimate of drug-likeness (QED) is 0.852. The monoisotopic (exact) mass is 343 g/mol. The first-order chi connectivity index (χ1) is 10.6. The van der Waals surface area contributed by atoms with E-state index in [4.69, 9.17) is 0 Å². The van der Waals surface area contributed by atoms with E-state index in [0.29, 0.717) is 17.2 Å². The first kappa shape index (κ1) is 19.0. The largest absolute Gasteiger partial charge is 0.340 e. The van der Waals surface area contributed by atoms with E-state index >= 15 is 0 Å². The lowest BCUT2D eigenvalue weighted by atomic mass is 9.86. The zero-order chi connectivity index (χ0) is 15.4. The number of hydrogen-bond donors (Lipinski definition) is 1. The summed E-state index contributed by atoms with van der Waals surface area (Å²) in [5.74, 6) is 1.09. The molecule has 2 heterocycles. The lowest BCUT2D eigenvalue weighted by molar-refractivity contribution is -0.134. The normalized spacial score (nSPS) is 30.2. The predicted octanol–water partition coefficient (Wildman–Crippen LogP) is 2.52. The Kier molecular flexibility index (Phi) is 7.18. The summed E-state index contributed by atoms with van der Waals surface area (Å²) in [6.07, 6.45) is 8.68. The Bertz CT molecular complexity index is 370. The molecule has 4 nitrogen and oxygen atoms in total. The first-order valence-corrected chi connectivity index (χ1v) is 9.35. The van der Waals surface area contributed by atoms with Crippen LogP contribution < -0.4 is 5.32 Å². The highest BCUT2D eigenvalue weighted by atomic mass is 35.5. The third kappa shape index (κ3) is 5.33. The molecule has 0 bridgehead atoms. The van der Waals surface area contributed by atoms with Crippen molar-refractivity contribution >= 4 is 18.3 Å². The average molecular weight is 344 g/mol. The topological polar surface area (TPSA) is 35.6 Å². The molecule has 1 unspecified atom stereocenters. The van der Waals surface area contributed by atoms with Crippen LogP contribution in [-0.2, 0) is 4.79 Å². The standard InChI is InChI=1S/C18H33N3O.ClH/c1-18(7-8-19-14-18)15-20-9-11-21(12-10-20)17(22)13-16-5-3-2-4-6-16;/h16,19H,2-15H2,1H3;1H. The summed E-state index contributed by atoms with van der Waals surface area (Å²) >= 11 is 0. The fourth-order valence-corrected chi connectivity index (χ4v) is 4.47. The Morgan fingerprint density at radius 3 is 2.43 bits per heavy atom. The van der Waals surface area contributed by atoms with Gasteiger partial charge in [0.25, 0.3) is 0 Å². The van der Waals surface area contributed by atoms with Crippen LogP contribution in [0.25, 0.3) is 0 Å². The van der Waals surface area contributed by atoms with Crippen molar-refractivity contribution in [3.63, 3.8) is 0 Å². The molecular weight excluding hydrogens is 310 g/mol. The van der Waals surface area contributed by atoms with Crippen LogP contribution in [-0.4, -0.2) is 61.5 Å². The highest BCUT2D eigenvalue weighted by Crippen LogP contribution is 2.28. The minimum atomic E-state index is 0. The molecule has 3 aliphatic rings. The molecule has 0 spiro atoms. The van der Waals surface area contributed by atoms with E-state index in [9.17, 15) is 4.79 Å². The predicted molar refractivity (Wildman–Crippen MR) is 97.1 cm³/mol. The highest BCUT2D eigenvalue weighted by Gasteiger charge is 2.32. The second kappa shape index (κ2) is 8.68. The van der Waals surface area contributed by atoms with Gasteiger partial charge in [-0.2, -0.15) is 0 Å². The Labute approximate surface area is 147 Å². The van der Waals surface area contributed by atoms with Gasteiger partial charge in [0.05, 0.1) is 0 Å². The van der Waals surface area contributed by atoms with Crippen LogP contribution in [0.1, 0.15) is 51.9 Å². The van der Waals surface area contributed by atoms with Gasteiger partial charge in [0.1, 0.15) is 0 Å².